The molecule has 4 heteroatoms. The fraction of sp³-hybridized carbons (Fsp3) is 0.455. The number of phenolic OH excluding ortho intramolecular Hbond substituents is 1. The maximum Gasteiger partial charge on any atom is 0.196 e. The minimum atomic E-state index is -1.13. The maximum atomic E-state index is 11.4. The average molecular weight is 225 g/mol. The van der Waals surface area contributed by atoms with E-state index < -0.39 is 11.2 Å². The summed E-state index contributed by atoms with van der Waals surface area (Å²) in [4.78, 5) is 0.517. The molecule has 82 valence electrons. The molecule has 1 aromatic carbocycles. The number of nitrogens with one attached hydrogen (secondary N) is 1. The zero-order valence-corrected chi connectivity index (χ0v) is 9.56. The number of benzene rings is 1. The van der Waals surface area contributed by atoms with Crippen molar-refractivity contribution in [1.82, 2.24) is 0 Å². The Morgan fingerprint density at radius 2 is 2.20 bits per heavy atom. The molecular formula is C11H15NO2S. The summed E-state index contributed by atoms with van der Waals surface area (Å²) in [6.45, 7) is 0.952. The number of fused-ring (bicyclic) bond motifs is 1. The van der Waals surface area contributed by atoms with E-state index in [-0.39, 0.29) is 5.75 Å². The highest BCUT2D eigenvalue weighted by Gasteiger charge is 2.17. The Balaban J connectivity index is 2.42. The van der Waals surface area contributed by atoms with Crippen molar-refractivity contribution in [2.75, 3.05) is 18.1 Å². The van der Waals surface area contributed by atoms with Crippen LogP contribution in [-0.4, -0.2) is 22.5 Å². The molecule has 0 amide bonds. The van der Waals surface area contributed by atoms with Gasteiger partial charge >= 0.3 is 0 Å². The lowest BCUT2D eigenvalue weighted by molar-refractivity contribution is 0.458. The van der Waals surface area contributed by atoms with Gasteiger partial charge in [0.05, 0.1) is 0 Å². The molecule has 0 saturated carbocycles. The summed E-state index contributed by atoms with van der Waals surface area (Å²) >= 11 is -1.13. The molecule has 0 bridgehead atoms. The number of anilines is 1. The van der Waals surface area contributed by atoms with Gasteiger partial charge in [0.2, 0.25) is 0 Å². The third-order valence-corrected chi connectivity index (χ3v) is 3.63. The second-order valence-corrected chi connectivity index (χ2v) is 5.16. The fourth-order valence-electron chi connectivity index (χ4n) is 1.88. The summed E-state index contributed by atoms with van der Waals surface area (Å²) < 4.78 is 11.4. The molecule has 1 aliphatic rings. The monoisotopic (exact) mass is 225 g/mol. The Bertz CT molecular complexity index is 366. The van der Waals surface area contributed by atoms with Crippen LogP contribution in [0, 0.1) is 0 Å². The van der Waals surface area contributed by atoms with E-state index in [9.17, 15) is 9.66 Å². The van der Waals surface area contributed by atoms with Crippen LogP contribution in [0.5, 0.6) is 5.75 Å². The van der Waals surface area contributed by atoms with Gasteiger partial charge in [-0.2, -0.15) is 0 Å². The minimum Gasteiger partial charge on any atom is -0.612 e. The molecule has 2 rings (SSSR count). The van der Waals surface area contributed by atoms with Crippen molar-refractivity contribution in [3.63, 3.8) is 0 Å². The van der Waals surface area contributed by atoms with Crippen molar-refractivity contribution in [1.29, 1.82) is 0 Å². The molecule has 1 atom stereocenters. The van der Waals surface area contributed by atoms with Crippen LogP contribution in [0.25, 0.3) is 0 Å². The summed E-state index contributed by atoms with van der Waals surface area (Å²) in [6.07, 6.45) is 4.83. The molecule has 2 N–H and O–H groups in total. The van der Waals surface area contributed by atoms with Crippen molar-refractivity contribution in [2.24, 2.45) is 0 Å². The van der Waals surface area contributed by atoms with Crippen LogP contribution in [0.15, 0.2) is 17.0 Å². The molecular weight excluding hydrogens is 210 g/mol. The average Bonchev–Trinajstić information content (AvgIpc) is 2.40. The highest BCUT2D eigenvalue weighted by molar-refractivity contribution is 7.90. The van der Waals surface area contributed by atoms with Crippen LogP contribution in [-0.2, 0) is 17.6 Å². The first-order valence-electron chi connectivity index (χ1n) is 5.11. The van der Waals surface area contributed by atoms with E-state index in [1.165, 1.54) is 0 Å². The van der Waals surface area contributed by atoms with E-state index in [1.807, 2.05) is 6.07 Å². The molecule has 1 unspecified atom stereocenters. The summed E-state index contributed by atoms with van der Waals surface area (Å²) in [7, 11) is 0. The van der Waals surface area contributed by atoms with Gasteiger partial charge in [-0.3, -0.25) is 0 Å². The number of hydrogen-bond donors (Lipinski definition) is 2. The second-order valence-electron chi connectivity index (χ2n) is 3.82. The van der Waals surface area contributed by atoms with E-state index in [4.69, 9.17) is 0 Å². The van der Waals surface area contributed by atoms with Gasteiger partial charge in [0.25, 0.3) is 0 Å². The zero-order chi connectivity index (χ0) is 10.8. The summed E-state index contributed by atoms with van der Waals surface area (Å²) in [5, 5.41) is 13.0. The topological polar surface area (TPSA) is 55.3 Å². The van der Waals surface area contributed by atoms with Gasteiger partial charge in [-0.1, -0.05) is 0 Å². The van der Waals surface area contributed by atoms with Crippen LogP contribution in [0.1, 0.15) is 18.4 Å². The van der Waals surface area contributed by atoms with Gasteiger partial charge in [0.1, 0.15) is 6.26 Å². The highest BCUT2D eigenvalue weighted by Crippen LogP contribution is 2.31. The van der Waals surface area contributed by atoms with E-state index in [0.717, 1.165) is 37.1 Å². The van der Waals surface area contributed by atoms with Crippen LogP contribution in [0.4, 0.5) is 5.69 Å². The molecule has 1 heterocycles. The first kappa shape index (κ1) is 10.6. The number of aromatic hydroxyl groups is 1. The number of rotatable bonds is 1. The Morgan fingerprint density at radius 1 is 1.40 bits per heavy atom. The van der Waals surface area contributed by atoms with Crippen LogP contribution in [0.2, 0.25) is 0 Å². The molecule has 0 spiro atoms. The molecule has 15 heavy (non-hydrogen) atoms. The van der Waals surface area contributed by atoms with Crippen molar-refractivity contribution >= 4 is 16.9 Å². The van der Waals surface area contributed by atoms with Gasteiger partial charge in [-0.15, -0.1) is 0 Å². The number of phenols is 1. The van der Waals surface area contributed by atoms with Crippen molar-refractivity contribution in [2.45, 2.75) is 24.2 Å². The maximum absolute atomic E-state index is 11.4. The smallest absolute Gasteiger partial charge is 0.196 e. The van der Waals surface area contributed by atoms with Crippen LogP contribution in [0.3, 0.4) is 0 Å². The van der Waals surface area contributed by atoms with E-state index >= 15 is 0 Å². The molecule has 0 radical (unpaired) electrons. The Kier molecular flexibility index (Phi) is 3.07. The third kappa shape index (κ3) is 2.21. The van der Waals surface area contributed by atoms with E-state index in [2.05, 4.69) is 5.32 Å². The molecule has 0 saturated heterocycles. The van der Waals surface area contributed by atoms with Crippen LogP contribution >= 0.6 is 0 Å². The predicted molar refractivity (Wildman–Crippen MR) is 61.9 cm³/mol. The second kappa shape index (κ2) is 4.33. The summed E-state index contributed by atoms with van der Waals surface area (Å²) in [5.41, 5.74) is 2.15. The molecule has 0 fully saturated rings. The van der Waals surface area contributed by atoms with Gasteiger partial charge in [-0.25, -0.2) is 0 Å². The summed E-state index contributed by atoms with van der Waals surface area (Å²) in [6, 6.07) is 3.55. The van der Waals surface area contributed by atoms with Gasteiger partial charge in [-0.05, 0) is 42.1 Å². The Hall–Kier alpha value is -0.870. The Morgan fingerprint density at radius 3 is 2.93 bits per heavy atom. The van der Waals surface area contributed by atoms with Crippen molar-refractivity contribution in [3.8, 4) is 5.75 Å². The number of aryl methyl sites for hydroxylation is 1. The normalized spacial score (nSPS) is 17.5. The summed E-state index contributed by atoms with van der Waals surface area (Å²) in [5.74, 6) is 0.151. The lowest BCUT2D eigenvalue weighted by atomic mass is 10.1. The molecule has 1 aliphatic heterocycles. The fourth-order valence-corrected chi connectivity index (χ4v) is 2.51. The quantitative estimate of drug-likeness (QED) is 0.567. The van der Waals surface area contributed by atoms with E-state index in [0.29, 0.717) is 4.90 Å². The highest BCUT2D eigenvalue weighted by atomic mass is 32.2. The largest absolute Gasteiger partial charge is 0.612 e. The first-order chi connectivity index (χ1) is 7.18. The Labute approximate surface area is 92.7 Å². The SMILES string of the molecule is C[S+]([O-])c1cc2c(cc1O)CCCCN2. The van der Waals surface area contributed by atoms with Gasteiger partial charge in [0.15, 0.2) is 10.6 Å². The molecule has 3 nitrogen and oxygen atoms in total. The predicted octanol–water partition coefficient (Wildman–Crippen LogP) is 1.88. The molecule has 0 aliphatic carbocycles. The third-order valence-electron chi connectivity index (χ3n) is 2.68. The number of hydrogen-bond acceptors (Lipinski definition) is 3. The lowest BCUT2D eigenvalue weighted by Gasteiger charge is -2.12. The standard InChI is InChI=1S/C11H15NO2S/c1-15(14)11-7-9-8(6-10(11)13)4-2-3-5-12-9/h6-7,12-13H,2-5H2,1H3. The van der Waals surface area contributed by atoms with E-state index in [1.54, 1.807) is 12.3 Å². The van der Waals surface area contributed by atoms with Crippen molar-refractivity contribution in [3.05, 3.63) is 17.7 Å². The molecule has 1 aromatic rings. The molecule has 0 aromatic heterocycles. The zero-order valence-electron chi connectivity index (χ0n) is 8.75. The van der Waals surface area contributed by atoms with Crippen molar-refractivity contribution < 1.29 is 9.66 Å². The lowest BCUT2D eigenvalue weighted by Crippen LogP contribution is -2.03. The van der Waals surface area contributed by atoms with Gasteiger partial charge in [0, 0.05) is 18.3 Å². The minimum absolute atomic E-state index is 0.151. The van der Waals surface area contributed by atoms with Crippen LogP contribution < -0.4 is 5.32 Å². The van der Waals surface area contributed by atoms with Gasteiger partial charge < -0.3 is 15.0 Å². The first-order valence-corrected chi connectivity index (χ1v) is 6.67.